The van der Waals surface area contributed by atoms with Crippen molar-refractivity contribution in [3.63, 3.8) is 0 Å². The zero-order valence-corrected chi connectivity index (χ0v) is 12.5. The second kappa shape index (κ2) is 8.43. The van der Waals surface area contributed by atoms with Gasteiger partial charge in [0.1, 0.15) is 0 Å². The Hall–Kier alpha value is -1.75. The topological polar surface area (TPSA) is 56.8 Å². The predicted molar refractivity (Wildman–Crippen MR) is 77.2 cm³/mol. The molecule has 0 fully saturated rings. The second-order valence-corrected chi connectivity index (χ2v) is 4.53. The molecule has 0 spiro atoms. The summed E-state index contributed by atoms with van der Waals surface area (Å²) in [5.74, 6) is 1.03. The summed E-state index contributed by atoms with van der Waals surface area (Å²) >= 11 is 0. The average molecular weight is 281 g/mol. The molecule has 0 saturated carbocycles. The van der Waals surface area contributed by atoms with E-state index in [0.717, 1.165) is 0 Å². The highest BCUT2D eigenvalue weighted by Gasteiger charge is 2.21. The third kappa shape index (κ3) is 4.74. The van der Waals surface area contributed by atoms with Crippen molar-refractivity contribution < 1.29 is 19.0 Å². The van der Waals surface area contributed by atoms with Crippen LogP contribution in [0.1, 0.15) is 20.3 Å². The molecule has 0 bridgehead atoms. The second-order valence-electron chi connectivity index (χ2n) is 4.53. The maximum atomic E-state index is 12.1. The molecule has 1 amide bonds. The molecule has 2 atom stereocenters. The van der Waals surface area contributed by atoms with E-state index in [1.54, 1.807) is 26.4 Å². The van der Waals surface area contributed by atoms with Gasteiger partial charge in [-0.05, 0) is 25.5 Å². The molecular formula is C15H23NO4. The van der Waals surface area contributed by atoms with Gasteiger partial charge in [-0.15, -0.1) is 0 Å². The molecule has 0 aliphatic rings. The molecule has 1 rings (SSSR count). The van der Waals surface area contributed by atoms with E-state index in [1.807, 2.05) is 26.0 Å². The Labute approximate surface area is 120 Å². The van der Waals surface area contributed by atoms with Gasteiger partial charge >= 0.3 is 0 Å². The lowest BCUT2D eigenvalue weighted by molar-refractivity contribution is -0.129. The third-order valence-corrected chi connectivity index (χ3v) is 2.81. The zero-order valence-electron chi connectivity index (χ0n) is 12.5. The number of rotatable bonds is 8. The SMILES string of the molecule is CC[C@@H](Oc1ccccc1OC)C(=O)N[C@@H](C)COC. The smallest absolute Gasteiger partial charge is 0.261 e. The van der Waals surface area contributed by atoms with E-state index >= 15 is 0 Å². The summed E-state index contributed by atoms with van der Waals surface area (Å²) in [7, 11) is 3.18. The summed E-state index contributed by atoms with van der Waals surface area (Å²) in [5.41, 5.74) is 0. The van der Waals surface area contributed by atoms with Crippen LogP contribution in [-0.4, -0.2) is 38.9 Å². The number of hydrogen-bond donors (Lipinski definition) is 1. The van der Waals surface area contributed by atoms with Crippen molar-refractivity contribution in [1.29, 1.82) is 0 Å². The lowest BCUT2D eigenvalue weighted by Gasteiger charge is -2.21. The van der Waals surface area contributed by atoms with Crippen LogP contribution in [0.15, 0.2) is 24.3 Å². The molecular weight excluding hydrogens is 258 g/mol. The summed E-state index contributed by atoms with van der Waals surface area (Å²) in [5, 5.41) is 2.86. The molecule has 0 heterocycles. The number of benzene rings is 1. The fraction of sp³-hybridized carbons (Fsp3) is 0.533. The Kier molecular flexibility index (Phi) is 6.87. The molecule has 0 aliphatic carbocycles. The summed E-state index contributed by atoms with van der Waals surface area (Å²) in [4.78, 5) is 12.1. The van der Waals surface area contributed by atoms with Crippen molar-refractivity contribution in [3.8, 4) is 11.5 Å². The van der Waals surface area contributed by atoms with E-state index in [2.05, 4.69) is 5.32 Å². The van der Waals surface area contributed by atoms with Gasteiger partial charge < -0.3 is 19.5 Å². The van der Waals surface area contributed by atoms with Crippen LogP contribution < -0.4 is 14.8 Å². The molecule has 0 saturated heterocycles. The summed E-state index contributed by atoms with van der Waals surface area (Å²) in [6.07, 6.45) is 0.0226. The molecule has 5 heteroatoms. The number of carbonyl (C=O) groups excluding carboxylic acids is 1. The zero-order chi connectivity index (χ0) is 15.0. The number of amides is 1. The van der Waals surface area contributed by atoms with Gasteiger partial charge in [-0.25, -0.2) is 0 Å². The van der Waals surface area contributed by atoms with E-state index < -0.39 is 6.10 Å². The van der Waals surface area contributed by atoms with Crippen molar-refractivity contribution in [2.75, 3.05) is 20.8 Å². The van der Waals surface area contributed by atoms with E-state index in [-0.39, 0.29) is 11.9 Å². The lowest BCUT2D eigenvalue weighted by atomic mass is 10.2. The van der Waals surface area contributed by atoms with Gasteiger partial charge in [-0.1, -0.05) is 19.1 Å². The van der Waals surface area contributed by atoms with Crippen LogP contribution in [0.3, 0.4) is 0 Å². The molecule has 0 radical (unpaired) electrons. The Morgan fingerprint density at radius 1 is 1.25 bits per heavy atom. The number of carbonyl (C=O) groups is 1. The lowest BCUT2D eigenvalue weighted by Crippen LogP contribution is -2.44. The van der Waals surface area contributed by atoms with E-state index in [9.17, 15) is 4.79 Å². The summed E-state index contributed by atoms with van der Waals surface area (Å²) in [6, 6.07) is 7.23. The number of methoxy groups -OCH3 is 2. The highest BCUT2D eigenvalue weighted by molar-refractivity contribution is 5.81. The largest absolute Gasteiger partial charge is 0.493 e. The van der Waals surface area contributed by atoms with Crippen molar-refractivity contribution in [1.82, 2.24) is 5.32 Å². The van der Waals surface area contributed by atoms with Crippen molar-refractivity contribution in [2.24, 2.45) is 0 Å². The molecule has 1 aromatic carbocycles. The Morgan fingerprint density at radius 3 is 2.45 bits per heavy atom. The summed E-state index contributed by atoms with van der Waals surface area (Å²) in [6.45, 7) is 4.26. The van der Waals surface area contributed by atoms with Gasteiger partial charge in [0.25, 0.3) is 5.91 Å². The normalized spacial score (nSPS) is 13.4. The quantitative estimate of drug-likeness (QED) is 0.792. The van der Waals surface area contributed by atoms with Crippen molar-refractivity contribution >= 4 is 5.91 Å². The molecule has 20 heavy (non-hydrogen) atoms. The van der Waals surface area contributed by atoms with Crippen LogP contribution in [0.2, 0.25) is 0 Å². The molecule has 0 unspecified atom stereocenters. The predicted octanol–water partition coefficient (Wildman–Crippen LogP) is 2.00. The highest BCUT2D eigenvalue weighted by Crippen LogP contribution is 2.27. The fourth-order valence-corrected chi connectivity index (χ4v) is 1.82. The highest BCUT2D eigenvalue weighted by atomic mass is 16.5. The minimum absolute atomic E-state index is 0.0529. The minimum atomic E-state index is -0.550. The molecule has 0 aliphatic heterocycles. The number of ether oxygens (including phenoxy) is 3. The van der Waals surface area contributed by atoms with Gasteiger partial charge in [0.2, 0.25) is 0 Å². The number of hydrogen-bond acceptors (Lipinski definition) is 4. The van der Waals surface area contributed by atoms with Crippen LogP contribution in [0, 0.1) is 0 Å². The average Bonchev–Trinajstić information content (AvgIpc) is 2.45. The maximum absolute atomic E-state index is 12.1. The van der Waals surface area contributed by atoms with Crippen LogP contribution in [0.5, 0.6) is 11.5 Å². The van der Waals surface area contributed by atoms with E-state index in [1.165, 1.54) is 0 Å². The monoisotopic (exact) mass is 281 g/mol. The Morgan fingerprint density at radius 2 is 1.90 bits per heavy atom. The third-order valence-electron chi connectivity index (χ3n) is 2.81. The van der Waals surface area contributed by atoms with Crippen LogP contribution >= 0.6 is 0 Å². The first-order valence-corrected chi connectivity index (χ1v) is 6.71. The number of para-hydroxylation sites is 2. The molecule has 5 nitrogen and oxygen atoms in total. The van der Waals surface area contributed by atoms with Gasteiger partial charge in [-0.2, -0.15) is 0 Å². The molecule has 1 aromatic rings. The summed E-state index contributed by atoms with van der Waals surface area (Å²) < 4.78 is 16.0. The van der Waals surface area contributed by atoms with Crippen molar-refractivity contribution in [3.05, 3.63) is 24.3 Å². The minimum Gasteiger partial charge on any atom is -0.493 e. The van der Waals surface area contributed by atoms with Crippen LogP contribution in [0.25, 0.3) is 0 Å². The van der Waals surface area contributed by atoms with Crippen LogP contribution in [0.4, 0.5) is 0 Å². The van der Waals surface area contributed by atoms with Gasteiger partial charge in [-0.3, -0.25) is 4.79 Å². The molecule has 1 N–H and O–H groups in total. The number of nitrogens with one attached hydrogen (secondary N) is 1. The first kappa shape index (κ1) is 16.3. The van der Waals surface area contributed by atoms with Gasteiger partial charge in [0.15, 0.2) is 17.6 Å². The van der Waals surface area contributed by atoms with Crippen molar-refractivity contribution in [2.45, 2.75) is 32.4 Å². The van der Waals surface area contributed by atoms with Gasteiger partial charge in [0, 0.05) is 13.2 Å². The maximum Gasteiger partial charge on any atom is 0.261 e. The van der Waals surface area contributed by atoms with Crippen LogP contribution in [-0.2, 0) is 9.53 Å². The Bertz CT molecular complexity index is 422. The first-order chi connectivity index (χ1) is 9.62. The molecule has 112 valence electrons. The Balaban J connectivity index is 2.68. The molecule has 0 aromatic heterocycles. The van der Waals surface area contributed by atoms with E-state index in [4.69, 9.17) is 14.2 Å². The van der Waals surface area contributed by atoms with Gasteiger partial charge in [0.05, 0.1) is 13.7 Å². The van der Waals surface area contributed by atoms with E-state index in [0.29, 0.717) is 24.5 Å². The standard InChI is InChI=1S/C15H23NO4/c1-5-12(15(17)16-11(2)10-18-3)20-14-9-7-6-8-13(14)19-4/h6-9,11-12H,5,10H2,1-4H3,(H,16,17)/t11-,12+/m0/s1. The fourth-order valence-electron chi connectivity index (χ4n) is 1.82. The first-order valence-electron chi connectivity index (χ1n) is 6.71.